The van der Waals surface area contributed by atoms with Crippen molar-refractivity contribution in [3.8, 4) is 6.07 Å². The highest BCUT2D eigenvalue weighted by atomic mass is 35.5. The Morgan fingerprint density at radius 1 is 0.759 bits per heavy atom. The van der Waals surface area contributed by atoms with Gasteiger partial charge in [0.2, 0.25) is 0 Å². The molecule has 0 aliphatic heterocycles. The van der Waals surface area contributed by atoms with E-state index in [1.807, 2.05) is 91.0 Å². The zero-order chi connectivity index (χ0) is 39.3. The molecule has 276 valence electrons. The third kappa shape index (κ3) is 6.84. The second kappa shape index (κ2) is 16.2. The van der Waals surface area contributed by atoms with Gasteiger partial charge in [0.25, 0.3) is 0 Å². The molecule has 54 heavy (non-hydrogen) atoms. The number of rotatable bonds is 10. The Hall–Kier alpha value is -5.55. The minimum atomic E-state index is -3.34. The summed E-state index contributed by atoms with van der Waals surface area (Å²) >= 11 is 6.92. The van der Waals surface area contributed by atoms with Gasteiger partial charge in [0.15, 0.2) is 11.2 Å². The predicted molar refractivity (Wildman–Crippen MR) is 209 cm³/mol. The van der Waals surface area contributed by atoms with Gasteiger partial charge in [-0.1, -0.05) is 142 Å². The van der Waals surface area contributed by atoms with Crippen LogP contribution in [-0.2, 0) is 33.4 Å². The maximum atomic E-state index is 15.1. The van der Waals surface area contributed by atoms with E-state index < -0.39 is 58.6 Å². The molecule has 4 aromatic rings. The van der Waals surface area contributed by atoms with Crippen LogP contribution >= 0.6 is 18.7 Å². The largest absolute Gasteiger partial charge is 0.466 e. The molecular formula is C43H40ClN2O7P. The van der Waals surface area contributed by atoms with Crippen LogP contribution in [0.2, 0.25) is 5.02 Å². The first-order valence-corrected chi connectivity index (χ1v) is 19.3. The van der Waals surface area contributed by atoms with Gasteiger partial charge >= 0.3 is 17.9 Å². The van der Waals surface area contributed by atoms with Crippen molar-refractivity contribution < 1.29 is 33.4 Å². The third-order valence-corrected chi connectivity index (χ3v) is 13.2. The molecule has 11 heteroatoms. The highest BCUT2D eigenvalue weighted by molar-refractivity contribution is 7.87. The number of hydrogen-bond acceptors (Lipinski definition) is 9. The quantitative estimate of drug-likeness (QED) is 0.0942. The summed E-state index contributed by atoms with van der Waals surface area (Å²) in [6.07, 6.45) is 0. The summed E-state index contributed by atoms with van der Waals surface area (Å²) in [4.78, 5) is 58.7. The van der Waals surface area contributed by atoms with E-state index in [2.05, 4.69) is 6.07 Å². The normalized spacial score (nSPS) is 17.3. The number of nitrogens with zero attached hydrogens (tertiary/aromatic N) is 2. The van der Waals surface area contributed by atoms with Crippen LogP contribution in [-0.4, -0.2) is 44.5 Å². The molecule has 0 radical (unpaired) electrons. The number of carbonyl (C=O) groups is 4. The van der Waals surface area contributed by atoms with E-state index in [4.69, 9.17) is 30.6 Å². The molecule has 9 nitrogen and oxygen atoms in total. The molecule has 0 saturated heterocycles. The van der Waals surface area contributed by atoms with Gasteiger partial charge in [-0.15, -0.1) is 0 Å². The molecule has 0 N–H and O–H groups in total. The lowest BCUT2D eigenvalue weighted by Gasteiger charge is -2.43. The highest BCUT2D eigenvalue weighted by Gasteiger charge is 2.63. The zero-order valence-electron chi connectivity index (χ0n) is 30.8. The second-order valence-corrected chi connectivity index (χ2v) is 16.8. The first-order valence-electron chi connectivity index (χ1n) is 17.2. The molecule has 5 rings (SSSR count). The number of ether oxygens (including phenoxy) is 3. The van der Waals surface area contributed by atoms with E-state index in [0.717, 1.165) is 30.1 Å². The van der Waals surface area contributed by atoms with Gasteiger partial charge in [0.05, 0.1) is 62.3 Å². The average molecular weight is 763 g/mol. The van der Waals surface area contributed by atoms with Crippen molar-refractivity contribution in [1.29, 1.82) is 5.26 Å². The van der Waals surface area contributed by atoms with E-state index >= 15 is 4.79 Å². The molecule has 0 heterocycles. The number of carbonyl (C=O) groups excluding carboxylic acids is 4. The van der Waals surface area contributed by atoms with Gasteiger partial charge in [-0.2, -0.15) is 5.26 Å². The van der Waals surface area contributed by atoms with Crippen LogP contribution in [0.25, 0.3) is 0 Å². The van der Waals surface area contributed by atoms with Crippen molar-refractivity contribution in [2.45, 2.75) is 33.6 Å². The Labute approximate surface area is 320 Å². The van der Waals surface area contributed by atoms with Crippen LogP contribution < -0.4 is 15.9 Å². The van der Waals surface area contributed by atoms with Crippen molar-refractivity contribution in [3.63, 3.8) is 0 Å². The standard InChI is InChI=1S/C43H40ClN2O7P/c1-7-53-39(48)33-35(31-25-17-18-26-32(31)44)43(27-45,41(50)42(2,3)4)36(40(49)52-6)34(38(47)51-5)37(33)46-54(28-19-11-8-12-20-28,29-21-13-9-14-22-29)30-23-15-10-16-24-30/h8-26,35H,7H2,1-6H3. The minimum Gasteiger partial charge on any atom is -0.466 e. The number of esters is 3. The third-order valence-electron chi connectivity index (χ3n) is 9.20. The lowest BCUT2D eigenvalue weighted by Crippen LogP contribution is -2.51. The fraction of sp³-hybridized carbons (Fsp3) is 0.233. The van der Waals surface area contributed by atoms with Gasteiger partial charge < -0.3 is 14.2 Å². The first kappa shape index (κ1) is 39.7. The number of ketones is 1. The number of hydrogen-bond donors (Lipinski definition) is 0. The highest BCUT2D eigenvalue weighted by Crippen LogP contribution is 2.59. The van der Waals surface area contributed by atoms with Gasteiger partial charge in [-0.05, 0) is 18.6 Å². The molecule has 4 aromatic carbocycles. The molecule has 0 fully saturated rings. The summed E-state index contributed by atoms with van der Waals surface area (Å²) in [5.41, 5.74) is -5.53. The lowest BCUT2D eigenvalue weighted by molar-refractivity contribution is -0.144. The molecule has 2 unspecified atom stereocenters. The molecule has 0 spiro atoms. The van der Waals surface area contributed by atoms with E-state index in [1.54, 1.807) is 52.0 Å². The fourth-order valence-electron chi connectivity index (χ4n) is 6.95. The Morgan fingerprint density at radius 2 is 1.22 bits per heavy atom. The van der Waals surface area contributed by atoms with Crippen LogP contribution in [0, 0.1) is 22.2 Å². The van der Waals surface area contributed by atoms with Gasteiger partial charge in [0.1, 0.15) is 0 Å². The topological polar surface area (TPSA) is 132 Å². The predicted octanol–water partition coefficient (Wildman–Crippen LogP) is 7.20. The SMILES string of the molecule is CCOC(=O)C1=C(N=P(c2ccccc2)(c2ccccc2)c2ccccc2)C(C(=O)OC)=C(C(=O)OC)C(C#N)(C(=O)C(C)(C)C)C1c1ccccc1Cl. The van der Waals surface area contributed by atoms with Crippen LogP contribution in [0.4, 0.5) is 0 Å². The summed E-state index contributed by atoms with van der Waals surface area (Å²) in [5, 5.41) is 13.8. The second-order valence-electron chi connectivity index (χ2n) is 13.4. The Balaban J connectivity index is 2.24. The van der Waals surface area contributed by atoms with Crippen LogP contribution in [0.15, 0.2) is 142 Å². The summed E-state index contributed by atoms with van der Waals surface area (Å²) in [6, 6.07) is 36.7. The van der Waals surface area contributed by atoms with Crippen molar-refractivity contribution in [2.75, 3.05) is 20.8 Å². The summed E-state index contributed by atoms with van der Waals surface area (Å²) < 4.78 is 21.9. The van der Waals surface area contributed by atoms with Crippen molar-refractivity contribution in [3.05, 3.63) is 148 Å². The maximum absolute atomic E-state index is 15.1. The van der Waals surface area contributed by atoms with E-state index in [9.17, 15) is 19.6 Å². The molecule has 0 saturated carbocycles. The maximum Gasteiger partial charge on any atom is 0.340 e. The first-order chi connectivity index (χ1) is 25.8. The minimum absolute atomic E-state index is 0.0888. The van der Waals surface area contributed by atoms with Crippen molar-refractivity contribution in [2.24, 2.45) is 15.6 Å². The number of Topliss-reactive ketones (excluding diaryl/α,β-unsaturated/α-hetero) is 1. The Bertz CT molecular complexity index is 2150. The molecule has 1 aliphatic rings. The molecule has 0 amide bonds. The number of methoxy groups -OCH3 is 2. The van der Waals surface area contributed by atoms with E-state index in [0.29, 0.717) is 0 Å². The molecule has 1 aliphatic carbocycles. The Kier molecular flexibility index (Phi) is 11.9. The van der Waals surface area contributed by atoms with Crippen LogP contribution in [0.1, 0.15) is 39.2 Å². The Morgan fingerprint density at radius 3 is 1.63 bits per heavy atom. The van der Waals surface area contributed by atoms with E-state index in [-0.39, 0.29) is 28.5 Å². The number of nitriles is 1. The summed E-state index contributed by atoms with van der Waals surface area (Å²) in [6.45, 7) is 6.22. The summed E-state index contributed by atoms with van der Waals surface area (Å²) in [7, 11) is -1.17. The van der Waals surface area contributed by atoms with Gasteiger partial charge in [0, 0.05) is 26.4 Å². The molecule has 2 atom stereocenters. The van der Waals surface area contributed by atoms with Crippen LogP contribution in [0.5, 0.6) is 0 Å². The fourth-order valence-corrected chi connectivity index (χ4v) is 10.8. The molecule has 0 bridgehead atoms. The molecule has 0 aromatic heterocycles. The lowest BCUT2D eigenvalue weighted by atomic mass is 9.55. The number of halogens is 1. The number of benzene rings is 4. The van der Waals surface area contributed by atoms with Gasteiger partial charge in [-0.3, -0.25) is 9.54 Å². The van der Waals surface area contributed by atoms with Crippen molar-refractivity contribution >= 4 is 58.3 Å². The van der Waals surface area contributed by atoms with Crippen molar-refractivity contribution in [1.82, 2.24) is 0 Å². The zero-order valence-corrected chi connectivity index (χ0v) is 32.5. The molecular weight excluding hydrogens is 723 g/mol. The summed E-state index contributed by atoms with van der Waals surface area (Å²) in [5.74, 6) is -5.65. The monoisotopic (exact) mass is 762 g/mol. The smallest absolute Gasteiger partial charge is 0.340 e. The van der Waals surface area contributed by atoms with Crippen LogP contribution in [0.3, 0.4) is 0 Å². The van der Waals surface area contributed by atoms with Gasteiger partial charge in [-0.25, -0.2) is 14.4 Å². The van der Waals surface area contributed by atoms with E-state index in [1.165, 1.54) is 0 Å². The average Bonchev–Trinajstić information content (AvgIpc) is 3.19.